The number of ether oxygens (including phenoxy) is 1. The van der Waals surface area contributed by atoms with E-state index in [4.69, 9.17) is 9.15 Å². The van der Waals surface area contributed by atoms with Crippen molar-refractivity contribution in [2.24, 2.45) is 0 Å². The Labute approximate surface area is 168 Å². The Morgan fingerprint density at radius 1 is 1.34 bits per heavy atom. The van der Waals surface area contributed by atoms with E-state index >= 15 is 0 Å². The van der Waals surface area contributed by atoms with Crippen molar-refractivity contribution in [1.29, 1.82) is 0 Å². The van der Waals surface area contributed by atoms with E-state index in [0.29, 0.717) is 36.7 Å². The number of nitrogens with one attached hydrogen (secondary N) is 1. The van der Waals surface area contributed by atoms with Gasteiger partial charge in [0.25, 0.3) is 0 Å². The number of hydrogen-bond donors (Lipinski definition) is 1. The summed E-state index contributed by atoms with van der Waals surface area (Å²) in [7, 11) is 0. The molecule has 5 rings (SSSR count). The molecule has 4 aromatic rings. The topological polar surface area (TPSA) is 81.7 Å². The van der Waals surface area contributed by atoms with Crippen LogP contribution in [0.3, 0.4) is 0 Å². The summed E-state index contributed by atoms with van der Waals surface area (Å²) in [6, 6.07) is 13.6. The first-order valence-electron chi connectivity index (χ1n) is 9.58. The molecule has 1 N–H and O–H groups in total. The average molecular weight is 390 g/mol. The summed E-state index contributed by atoms with van der Waals surface area (Å²) in [5.41, 5.74) is 3.21. The third-order valence-electron chi connectivity index (χ3n) is 5.06. The second-order valence-electron chi connectivity index (χ2n) is 7.28. The van der Waals surface area contributed by atoms with E-state index in [1.807, 2.05) is 36.4 Å². The predicted octanol–water partition coefficient (Wildman–Crippen LogP) is 3.99. The van der Waals surface area contributed by atoms with Gasteiger partial charge in [-0.2, -0.15) is 0 Å². The molecule has 3 aromatic heterocycles. The molecule has 1 aliphatic rings. The van der Waals surface area contributed by atoms with Gasteiger partial charge in [-0.05, 0) is 36.6 Å². The van der Waals surface area contributed by atoms with Crippen LogP contribution in [0.4, 0.5) is 0 Å². The van der Waals surface area contributed by atoms with Gasteiger partial charge in [-0.15, -0.1) is 5.10 Å². The van der Waals surface area contributed by atoms with Gasteiger partial charge in [0.15, 0.2) is 11.4 Å². The Kier molecular flexibility index (Phi) is 4.27. The number of carbonyl (C=O) groups is 1. The standard InChI is InChI=1S/C22H20N4O3.H2/c1-14(10-16-6-8-21(27)24-16)13-28-22-9-7-20-23-12-17(26(20)25-22)19-11-15-4-2-3-5-18(15)29-19;/h2-5,7,9,11-12,16H,1,6,8,10,13H2,(H,24,27);1H. The molecule has 0 bridgehead atoms. The van der Waals surface area contributed by atoms with Crippen LogP contribution in [-0.2, 0) is 4.79 Å². The Balaban J connectivity index is 0.00000218. The summed E-state index contributed by atoms with van der Waals surface area (Å²) < 4.78 is 13.5. The Morgan fingerprint density at radius 3 is 3.07 bits per heavy atom. The molecule has 1 amide bonds. The Bertz CT molecular complexity index is 1200. The first-order valence-corrected chi connectivity index (χ1v) is 9.58. The lowest BCUT2D eigenvalue weighted by atomic mass is 10.1. The Hall–Kier alpha value is -3.61. The van der Waals surface area contributed by atoms with Crippen LogP contribution in [0.5, 0.6) is 5.88 Å². The highest BCUT2D eigenvalue weighted by atomic mass is 16.5. The first-order chi connectivity index (χ1) is 14.2. The summed E-state index contributed by atoms with van der Waals surface area (Å²) >= 11 is 0. The van der Waals surface area contributed by atoms with Gasteiger partial charge in [0.05, 0.1) is 6.20 Å². The Morgan fingerprint density at radius 2 is 2.24 bits per heavy atom. The van der Waals surface area contributed by atoms with Crippen molar-refractivity contribution in [3.63, 3.8) is 0 Å². The second kappa shape index (κ2) is 7.09. The van der Waals surface area contributed by atoms with Crippen LogP contribution in [0.1, 0.15) is 20.7 Å². The summed E-state index contributed by atoms with van der Waals surface area (Å²) in [6.45, 7) is 4.41. The summed E-state index contributed by atoms with van der Waals surface area (Å²) in [5, 5.41) is 8.53. The van der Waals surface area contributed by atoms with E-state index in [9.17, 15) is 4.79 Å². The van der Waals surface area contributed by atoms with Gasteiger partial charge in [-0.25, -0.2) is 9.50 Å². The molecule has 1 atom stereocenters. The minimum Gasteiger partial charge on any atom is -0.472 e. The molecule has 4 heterocycles. The normalized spacial score (nSPS) is 16.4. The van der Waals surface area contributed by atoms with Crippen LogP contribution in [-0.4, -0.2) is 33.2 Å². The molecule has 148 valence electrons. The molecule has 7 heteroatoms. The number of para-hydroxylation sites is 1. The van der Waals surface area contributed by atoms with E-state index in [2.05, 4.69) is 22.0 Å². The number of carbonyl (C=O) groups excluding carboxylic acids is 1. The summed E-state index contributed by atoms with van der Waals surface area (Å²) in [6.07, 6.45) is 3.88. The van der Waals surface area contributed by atoms with Crippen molar-refractivity contribution in [2.75, 3.05) is 6.61 Å². The molecule has 1 aromatic carbocycles. The fourth-order valence-electron chi connectivity index (χ4n) is 3.62. The monoisotopic (exact) mass is 390 g/mol. The van der Waals surface area contributed by atoms with Crippen molar-refractivity contribution < 1.29 is 15.4 Å². The summed E-state index contributed by atoms with van der Waals surface area (Å²) in [4.78, 5) is 15.7. The lowest BCUT2D eigenvalue weighted by Crippen LogP contribution is -2.26. The average Bonchev–Trinajstić information content (AvgIpc) is 3.43. The van der Waals surface area contributed by atoms with Gasteiger partial charge >= 0.3 is 0 Å². The maximum atomic E-state index is 11.3. The number of benzene rings is 1. The van der Waals surface area contributed by atoms with Crippen molar-refractivity contribution >= 4 is 22.5 Å². The maximum Gasteiger partial charge on any atom is 0.232 e. The van der Waals surface area contributed by atoms with E-state index in [-0.39, 0.29) is 13.4 Å². The molecule has 0 saturated carbocycles. The first kappa shape index (κ1) is 17.5. The minimum absolute atomic E-state index is 0. The van der Waals surface area contributed by atoms with E-state index in [1.54, 1.807) is 16.8 Å². The van der Waals surface area contributed by atoms with E-state index in [1.165, 1.54) is 0 Å². The van der Waals surface area contributed by atoms with E-state index < -0.39 is 0 Å². The van der Waals surface area contributed by atoms with Crippen LogP contribution < -0.4 is 10.1 Å². The van der Waals surface area contributed by atoms with Gasteiger partial charge < -0.3 is 14.5 Å². The molecule has 1 fully saturated rings. The van der Waals surface area contributed by atoms with Gasteiger partial charge in [-0.1, -0.05) is 24.8 Å². The zero-order chi connectivity index (χ0) is 19.8. The van der Waals surface area contributed by atoms with Gasteiger partial charge in [-0.3, -0.25) is 4.79 Å². The molecule has 29 heavy (non-hydrogen) atoms. The number of imidazole rings is 1. The maximum absolute atomic E-state index is 11.3. The number of amides is 1. The molecule has 0 radical (unpaired) electrons. The van der Waals surface area contributed by atoms with Crippen LogP contribution >= 0.6 is 0 Å². The lowest BCUT2D eigenvalue weighted by molar-refractivity contribution is -0.119. The zero-order valence-electron chi connectivity index (χ0n) is 15.8. The number of furan rings is 1. The van der Waals surface area contributed by atoms with Crippen molar-refractivity contribution in [3.05, 3.63) is 60.8 Å². The number of hydrogen-bond acceptors (Lipinski definition) is 5. The number of nitrogens with zero attached hydrogens (tertiary/aromatic N) is 3. The molecular weight excluding hydrogens is 368 g/mol. The molecule has 1 unspecified atom stereocenters. The molecule has 0 aliphatic carbocycles. The van der Waals surface area contributed by atoms with Crippen LogP contribution in [0.25, 0.3) is 28.1 Å². The highest BCUT2D eigenvalue weighted by Crippen LogP contribution is 2.28. The highest BCUT2D eigenvalue weighted by molar-refractivity contribution is 5.82. The molecule has 1 aliphatic heterocycles. The number of aromatic nitrogens is 3. The van der Waals surface area contributed by atoms with Crippen molar-refractivity contribution in [2.45, 2.75) is 25.3 Å². The zero-order valence-corrected chi connectivity index (χ0v) is 15.8. The van der Waals surface area contributed by atoms with Crippen LogP contribution in [0, 0.1) is 0 Å². The fraction of sp³-hybridized carbons (Fsp3) is 0.227. The second-order valence-corrected chi connectivity index (χ2v) is 7.28. The minimum atomic E-state index is 0. The molecule has 1 saturated heterocycles. The fourth-order valence-corrected chi connectivity index (χ4v) is 3.62. The molecular formula is C22H22N4O3. The predicted molar refractivity (Wildman–Crippen MR) is 111 cm³/mol. The number of rotatable bonds is 6. The SMILES string of the molecule is C=C(COc1ccc2ncc(-c3cc4ccccc4o3)n2n1)CC1CCC(=O)N1.[HH]. The van der Waals surface area contributed by atoms with Crippen LogP contribution in [0.15, 0.2) is 65.2 Å². The van der Waals surface area contributed by atoms with Crippen molar-refractivity contribution in [1.82, 2.24) is 19.9 Å². The third kappa shape index (κ3) is 3.47. The van der Waals surface area contributed by atoms with Gasteiger partial charge in [0, 0.05) is 25.3 Å². The van der Waals surface area contributed by atoms with Gasteiger partial charge in [0.2, 0.25) is 11.8 Å². The molecule has 0 spiro atoms. The van der Waals surface area contributed by atoms with E-state index in [0.717, 1.165) is 28.7 Å². The quantitative estimate of drug-likeness (QED) is 0.504. The molecule has 7 nitrogen and oxygen atoms in total. The largest absolute Gasteiger partial charge is 0.472 e. The third-order valence-corrected chi connectivity index (χ3v) is 5.06. The smallest absolute Gasteiger partial charge is 0.232 e. The van der Waals surface area contributed by atoms with Crippen molar-refractivity contribution in [3.8, 4) is 17.3 Å². The highest BCUT2D eigenvalue weighted by Gasteiger charge is 2.21. The summed E-state index contributed by atoms with van der Waals surface area (Å²) in [5.74, 6) is 1.28. The number of fused-ring (bicyclic) bond motifs is 2. The lowest BCUT2D eigenvalue weighted by Gasteiger charge is -2.13. The van der Waals surface area contributed by atoms with Gasteiger partial charge in [0.1, 0.15) is 17.9 Å². The van der Waals surface area contributed by atoms with Crippen LogP contribution in [0.2, 0.25) is 0 Å².